The molecule has 1 rings (SSSR count). The molecule has 1 aliphatic heterocycles. The Labute approximate surface area is 87.7 Å². The predicted octanol–water partition coefficient (Wildman–Crippen LogP) is 2.47. The van der Waals surface area contributed by atoms with Crippen LogP contribution in [0.5, 0.6) is 0 Å². The van der Waals surface area contributed by atoms with Gasteiger partial charge in [0, 0.05) is 18.5 Å². The quantitative estimate of drug-likeness (QED) is 0.594. The molecule has 2 heteroatoms. The zero-order valence-corrected chi connectivity index (χ0v) is 10.3. The average molecular weight is 197 g/mol. The minimum atomic E-state index is 0.0564. The minimum absolute atomic E-state index is 0.0564. The summed E-state index contributed by atoms with van der Waals surface area (Å²) in [7, 11) is 0. The maximum absolute atomic E-state index is 11.8. The summed E-state index contributed by atoms with van der Waals surface area (Å²) in [5.74, 6) is 0.410. The zero-order chi connectivity index (χ0) is 11.1. The number of nitrogens with zero attached hydrogens (tertiary/aromatic N) is 1. The molecule has 1 unspecified atom stereocenters. The fourth-order valence-corrected chi connectivity index (χ4v) is 2.34. The molecule has 1 fully saturated rings. The van der Waals surface area contributed by atoms with E-state index in [0.29, 0.717) is 5.78 Å². The molecular weight excluding hydrogens is 174 g/mol. The van der Waals surface area contributed by atoms with Crippen molar-refractivity contribution in [2.45, 2.75) is 59.5 Å². The van der Waals surface area contributed by atoms with E-state index in [9.17, 15) is 4.79 Å². The van der Waals surface area contributed by atoms with E-state index in [4.69, 9.17) is 0 Å². The highest BCUT2D eigenvalue weighted by atomic mass is 16.1. The third-order valence-electron chi connectivity index (χ3n) is 2.90. The Kier molecular flexibility index (Phi) is 2.79. The Morgan fingerprint density at radius 2 is 1.64 bits per heavy atom. The van der Waals surface area contributed by atoms with E-state index >= 15 is 0 Å². The van der Waals surface area contributed by atoms with Crippen LogP contribution in [0.15, 0.2) is 0 Å². The number of hydrogen-bond acceptors (Lipinski definition) is 2. The van der Waals surface area contributed by atoms with E-state index < -0.39 is 0 Å². The highest BCUT2D eigenvalue weighted by Crippen LogP contribution is 2.34. The summed E-state index contributed by atoms with van der Waals surface area (Å²) in [5.41, 5.74) is 0.158. The van der Waals surface area contributed by atoms with Gasteiger partial charge in [-0.3, -0.25) is 9.69 Å². The van der Waals surface area contributed by atoms with Crippen LogP contribution < -0.4 is 0 Å². The van der Waals surface area contributed by atoms with Gasteiger partial charge in [0.2, 0.25) is 0 Å². The third-order valence-corrected chi connectivity index (χ3v) is 2.90. The molecular formula is C12H23NO. The van der Waals surface area contributed by atoms with Gasteiger partial charge in [-0.2, -0.15) is 0 Å². The highest BCUT2D eigenvalue weighted by Gasteiger charge is 2.44. The molecule has 0 N–H and O–H groups in total. The summed E-state index contributed by atoms with van der Waals surface area (Å²) in [4.78, 5) is 14.2. The lowest BCUT2D eigenvalue weighted by Gasteiger charge is -2.41. The smallest absolute Gasteiger partial charge is 0.151 e. The lowest BCUT2D eigenvalue weighted by atomic mass is 9.83. The van der Waals surface area contributed by atoms with E-state index in [0.717, 1.165) is 13.0 Å². The van der Waals surface area contributed by atoms with Gasteiger partial charge in [-0.1, -0.05) is 20.8 Å². The standard InChI is InChI=1S/C12H23NO/c1-11(2,3)10-9(14)7-8-13(10)12(4,5)6/h10H,7-8H2,1-6H3. The summed E-state index contributed by atoms with van der Waals surface area (Å²) in [6.07, 6.45) is 0.721. The number of ketones is 1. The lowest BCUT2D eigenvalue weighted by molar-refractivity contribution is -0.124. The van der Waals surface area contributed by atoms with Crippen LogP contribution in [0.1, 0.15) is 48.0 Å². The number of carbonyl (C=O) groups is 1. The van der Waals surface area contributed by atoms with Gasteiger partial charge in [-0.25, -0.2) is 0 Å². The van der Waals surface area contributed by atoms with Gasteiger partial charge in [0.05, 0.1) is 6.04 Å². The van der Waals surface area contributed by atoms with Crippen LogP contribution in [0, 0.1) is 5.41 Å². The second-order valence-electron chi connectivity index (χ2n) is 6.35. The molecule has 0 aromatic rings. The number of carbonyl (C=O) groups excluding carboxylic acids is 1. The molecule has 0 saturated carbocycles. The zero-order valence-electron chi connectivity index (χ0n) is 10.3. The van der Waals surface area contributed by atoms with E-state index in [1.54, 1.807) is 0 Å². The first-order valence-electron chi connectivity index (χ1n) is 5.43. The number of likely N-dealkylation sites (tertiary alicyclic amines) is 1. The first-order valence-corrected chi connectivity index (χ1v) is 5.43. The van der Waals surface area contributed by atoms with Crippen LogP contribution >= 0.6 is 0 Å². The topological polar surface area (TPSA) is 20.3 Å². The summed E-state index contributed by atoms with van der Waals surface area (Å²) < 4.78 is 0. The predicted molar refractivity (Wildman–Crippen MR) is 59.3 cm³/mol. The van der Waals surface area contributed by atoms with Gasteiger partial charge in [-0.15, -0.1) is 0 Å². The normalized spacial score (nSPS) is 25.9. The Morgan fingerprint density at radius 3 is 1.93 bits per heavy atom. The molecule has 1 heterocycles. The van der Waals surface area contributed by atoms with Crippen LogP contribution in [0.25, 0.3) is 0 Å². The van der Waals surface area contributed by atoms with Crippen LogP contribution in [0.3, 0.4) is 0 Å². The summed E-state index contributed by atoms with van der Waals surface area (Å²) in [6.45, 7) is 13.9. The van der Waals surface area contributed by atoms with Crippen molar-refractivity contribution in [1.82, 2.24) is 4.90 Å². The number of hydrogen-bond donors (Lipinski definition) is 0. The van der Waals surface area contributed by atoms with Crippen molar-refractivity contribution in [1.29, 1.82) is 0 Å². The van der Waals surface area contributed by atoms with Gasteiger partial charge < -0.3 is 0 Å². The molecule has 82 valence electrons. The van der Waals surface area contributed by atoms with Gasteiger partial charge in [0.15, 0.2) is 5.78 Å². The van der Waals surface area contributed by atoms with E-state index in [-0.39, 0.29) is 17.0 Å². The van der Waals surface area contributed by atoms with Crippen LogP contribution in [0.4, 0.5) is 0 Å². The van der Waals surface area contributed by atoms with Gasteiger partial charge in [0.25, 0.3) is 0 Å². The van der Waals surface area contributed by atoms with Crippen LogP contribution in [0.2, 0.25) is 0 Å². The third kappa shape index (κ3) is 2.17. The van der Waals surface area contributed by atoms with Crippen LogP contribution in [-0.4, -0.2) is 28.8 Å². The molecule has 0 radical (unpaired) electrons. The van der Waals surface area contributed by atoms with E-state index in [1.165, 1.54) is 0 Å². The van der Waals surface area contributed by atoms with Crippen molar-refractivity contribution in [3.63, 3.8) is 0 Å². The Hall–Kier alpha value is -0.370. The van der Waals surface area contributed by atoms with Crippen molar-refractivity contribution in [3.8, 4) is 0 Å². The largest absolute Gasteiger partial charge is 0.298 e. The molecule has 0 aromatic carbocycles. The van der Waals surface area contributed by atoms with Gasteiger partial charge in [-0.05, 0) is 26.2 Å². The molecule has 2 nitrogen and oxygen atoms in total. The fraction of sp³-hybridized carbons (Fsp3) is 0.917. The van der Waals surface area contributed by atoms with E-state index in [1.807, 2.05) is 0 Å². The molecule has 1 aliphatic rings. The Bertz CT molecular complexity index is 232. The summed E-state index contributed by atoms with van der Waals surface area (Å²) in [5, 5.41) is 0. The lowest BCUT2D eigenvalue weighted by Crippen LogP contribution is -2.51. The van der Waals surface area contributed by atoms with Crippen molar-refractivity contribution < 1.29 is 4.79 Å². The molecule has 0 bridgehead atoms. The van der Waals surface area contributed by atoms with Crippen molar-refractivity contribution >= 4 is 5.78 Å². The van der Waals surface area contributed by atoms with Gasteiger partial charge >= 0.3 is 0 Å². The number of rotatable bonds is 0. The second kappa shape index (κ2) is 3.34. The fourth-order valence-electron chi connectivity index (χ4n) is 2.34. The number of Topliss-reactive ketones (excluding diaryl/α,β-unsaturated/α-hetero) is 1. The first kappa shape index (κ1) is 11.7. The maximum atomic E-state index is 11.8. The molecule has 1 atom stereocenters. The summed E-state index contributed by atoms with van der Waals surface area (Å²) >= 11 is 0. The Morgan fingerprint density at radius 1 is 1.14 bits per heavy atom. The minimum Gasteiger partial charge on any atom is -0.298 e. The molecule has 0 aliphatic carbocycles. The van der Waals surface area contributed by atoms with Gasteiger partial charge in [0.1, 0.15) is 0 Å². The summed E-state index contributed by atoms with van der Waals surface area (Å²) in [6, 6.07) is 0.0995. The van der Waals surface area contributed by atoms with Crippen molar-refractivity contribution in [2.24, 2.45) is 5.41 Å². The maximum Gasteiger partial charge on any atom is 0.151 e. The average Bonchev–Trinajstić information content (AvgIpc) is 2.27. The molecule has 0 spiro atoms. The van der Waals surface area contributed by atoms with Crippen molar-refractivity contribution in [3.05, 3.63) is 0 Å². The molecule has 0 aromatic heterocycles. The SMILES string of the molecule is CC(C)(C)C1C(=O)CCN1C(C)(C)C. The molecule has 1 saturated heterocycles. The monoisotopic (exact) mass is 197 g/mol. The van der Waals surface area contributed by atoms with E-state index in [2.05, 4.69) is 46.4 Å². The highest BCUT2D eigenvalue weighted by molar-refractivity contribution is 5.87. The first-order chi connectivity index (χ1) is 6.14. The molecule has 14 heavy (non-hydrogen) atoms. The van der Waals surface area contributed by atoms with Crippen molar-refractivity contribution in [2.75, 3.05) is 6.54 Å². The van der Waals surface area contributed by atoms with Crippen LogP contribution in [-0.2, 0) is 4.79 Å². The molecule has 0 amide bonds. The Balaban J connectivity index is 2.94. The second-order valence-corrected chi connectivity index (χ2v) is 6.35.